The monoisotopic (exact) mass is 501 g/mol. The second-order valence-corrected chi connectivity index (χ2v) is 9.11. The summed E-state index contributed by atoms with van der Waals surface area (Å²) in [6.07, 6.45) is 1.56. The highest BCUT2D eigenvalue weighted by atomic mass is 35.5. The summed E-state index contributed by atoms with van der Waals surface area (Å²) in [5.74, 6) is 0.0419. The SMILES string of the molecule is COc1cc(/C=C2/SC(=O)N(CC(=O)N3CCN(c4ccccc4)CC3)C2=O)cc(Cl)c1OC. The molecule has 34 heavy (non-hydrogen) atoms. The molecule has 0 radical (unpaired) electrons. The van der Waals surface area contributed by atoms with E-state index in [9.17, 15) is 14.4 Å². The lowest BCUT2D eigenvalue weighted by Gasteiger charge is -2.36. The van der Waals surface area contributed by atoms with E-state index in [1.165, 1.54) is 14.2 Å². The van der Waals surface area contributed by atoms with Gasteiger partial charge >= 0.3 is 0 Å². The number of benzene rings is 2. The third-order valence-corrected chi connectivity index (χ3v) is 6.86. The van der Waals surface area contributed by atoms with Crippen LogP contribution in [0, 0.1) is 0 Å². The van der Waals surface area contributed by atoms with E-state index in [0.29, 0.717) is 48.3 Å². The zero-order chi connectivity index (χ0) is 24.2. The van der Waals surface area contributed by atoms with Gasteiger partial charge in [-0.3, -0.25) is 19.3 Å². The lowest BCUT2D eigenvalue weighted by molar-refractivity contribution is -0.136. The number of halogens is 1. The summed E-state index contributed by atoms with van der Waals surface area (Å²) in [4.78, 5) is 43.3. The largest absolute Gasteiger partial charge is 0.493 e. The molecule has 2 heterocycles. The average Bonchev–Trinajstić information content (AvgIpc) is 3.11. The molecule has 2 fully saturated rings. The Morgan fingerprint density at radius 2 is 1.76 bits per heavy atom. The second-order valence-electron chi connectivity index (χ2n) is 7.71. The van der Waals surface area contributed by atoms with Crippen molar-refractivity contribution in [2.45, 2.75) is 0 Å². The van der Waals surface area contributed by atoms with Crippen molar-refractivity contribution in [3.05, 3.63) is 58.0 Å². The molecule has 0 unspecified atom stereocenters. The summed E-state index contributed by atoms with van der Waals surface area (Å²) < 4.78 is 10.5. The number of hydrogen-bond donors (Lipinski definition) is 0. The van der Waals surface area contributed by atoms with Gasteiger partial charge in [0, 0.05) is 31.9 Å². The first-order valence-corrected chi connectivity index (χ1v) is 11.9. The number of para-hydroxylation sites is 1. The molecule has 2 aliphatic heterocycles. The normalized spacial score (nSPS) is 17.5. The topological polar surface area (TPSA) is 79.4 Å². The molecule has 10 heteroatoms. The van der Waals surface area contributed by atoms with Crippen LogP contribution >= 0.6 is 23.4 Å². The highest BCUT2D eigenvalue weighted by Crippen LogP contribution is 2.38. The highest BCUT2D eigenvalue weighted by Gasteiger charge is 2.37. The van der Waals surface area contributed by atoms with E-state index in [1.54, 1.807) is 23.1 Å². The molecular weight excluding hydrogens is 478 g/mol. The van der Waals surface area contributed by atoms with Gasteiger partial charge in [-0.2, -0.15) is 0 Å². The highest BCUT2D eigenvalue weighted by molar-refractivity contribution is 8.18. The van der Waals surface area contributed by atoms with Crippen molar-refractivity contribution in [1.82, 2.24) is 9.80 Å². The molecule has 0 aliphatic carbocycles. The third-order valence-electron chi connectivity index (χ3n) is 5.67. The van der Waals surface area contributed by atoms with Crippen molar-refractivity contribution in [2.75, 3.05) is 51.8 Å². The fourth-order valence-corrected chi connectivity index (χ4v) is 5.03. The van der Waals surface area contributed by atoms with E-state index in [1.807, 2.05) is 30.3 Å². The Bertz CT molecular complexity index is 1130. The third kappa shape index (κ3) is 5.00. The molecule has 178 valence electrons. The maximum absolute atomic E-state index is 12.9. The van der Waals surface area contributed by atoms with Crippen LogP contribution < -0.4 is 14.4 Å². The van der Waals surface area contributed by atoms with Crippen molar-refractivity contribution < 1.29 is 23.9 Å². The second kappa shape index (κ2) is 10.4. The number of methoxy groups -OCH3 is 2. The standard InChI is InChI=1S/C24H24ClN3O5S/c1-32-19-13-16(12-18(25)22(19)33-2)14-20-23(30)28(24(31)34-20)15-21(29)27-10-8-26(9-11-27)17-6-4-3-5-7-17/h3-7,12-14H,8-11,15H2,1-2H3/b20-14+. The number of carbonyl (C=O) groups excluding carboxylic acids is 3. The van der Waals surface area contributed by atoms with Gasteiger partial charge < -0.3 is 19.3 Å². The summed E-state index contributed by atoms with van der Waals surface area (Å²) in [6.45, 7) is 2.17. The molecule has 0 saturated carbocycles. The number of rotatable bonds is 6. The lowest BCUT2D eigenvalue weighted by Crippen LogP contribution is -2.51. The number of thioether (sulfide) groups is 1. The molecule has 0 atom stereocenters. The molecule has 4 rings (SSSR count). The zero-order valence-corrected chi connectivity index (χ0v) is 20.4. The fourth-order valence-electron chi connectivity index (χ4n) is 3.90. The summed E-state index contributed by atoms with van der Waals surface area (Å²) in [7, 11) is 2.96. The maximum Gasteiger partial charge on any atom is 0.294 e. The number of carbonyl (C=O) groups is 3. The molecular formula is C24H24ClN3O5S. The Kier molecular flexibility index (Phi) is 7.33. The minimum Gasteiger partial charge on any atom is -0.493 e. The van der Waals surface area contributed by atoms with Gasteiger partial charge in [0.25, 0.3) is 11.1 Å². The molecule has 0 N–H and O–H groups in total. The predicted octanol–water partition coefficient (Wildman–Crippen LogP) is 3.74. The van der Waals surface area contributed by atoms with Crippen molar-refractivity contribution in [3.63, 3.8) is 0 Å². The number of anilines is 1. The molecule has 2 aliphatic rings. The van der Waals surface area contributed by atoms with E-state index in [0.717, 1.165) is 22.3 Å². The van der Waals surface area contributed by atoms with Crippen molar-refractivity contribution >= 4 is 52.2 Å². The van der Waals surface area contributed by atoms with E-state index >= 15 is 0 Å². The Hall–Kier alpha value is -3.17. The first-order chi connectivity index (χ1) is 16.4. The van der Waals surface area contributed by atoms with Crippen LogP contribution in [0.2, 0.25) is 5.02 Å². The Labute approximate surface area is 207 Å². The van der Waals surface area contributed by atoms with E-state index in [-0.39, 0.29) is 17.4 Å². The van der Waals surface area contributed by atoms with Crippen LogP contribution in [0.25, 0.3) is 6.08 Å². The first-order valence-electron chi connectivity index (χ1n) is 10.7. The van der Waals surface area contributed by atoms with Crippen LogP contribution in [0.3, 0.4) is 0 Å². The predicted molar refractivity (Wildman–Crippen MR) is 132 cm³/mol. The molecule has 0 bridgehead atoms. The van der Waals surface area contributed by atoms with Gasteiger partial charge in [-0.05, 0) is 47.7 Å². The number of nitrogens with zero attached hydrogens (tertiary/aromatic N) is 3. The zero-order valence-electron chi connectivity index (χ0n) is 18.8. The molecule has 2 aromatic carbocycles. The summed E-state index contributed by atoms with van der Waals surface area (Å²) in [5.41, 5.74) is 1.69. The van der Waals surface area contributed by atoms with Crippen molar-refractivity contribution in [1.29, 1.82) is 0 Å². The quantitative estimate of drug-likeness (QED) is 0.558. The average molecular weight is 502 g/mol. The van der Waals surface area contributed by atoms with Crippen LogP contribution in [0.4, 0.5) is 10.5 Å². The maximum atomic E-state index is 12.9. The van der Waals surface area contributed by atoms with Gasteiger partial charge in [0.2, 0.25) is 5.91 Å². The molecule has 0 aromatic heterocycles. The van der Waals surface area contributed by atoms with Gasteiger partial charge in [-0.15, -0.1) is 0 Å². The number of imide groups is 1. The van der Waals surface area contributed by atoms with Crippen LogP contribution in [0.5, 0.6) is 11.5 Å². The van der Waals surface area contributed by atoms with Crippen LogP contribution in [-0.4, -0.2) is 73.8 Å². The van der Waals surface area contributed by atoms with Gasteiger partial charge in [-0.1, -0.05) is 29.8 Å². The fraction of sp³-hybridized carbons (Fsp3) is 0.292. The molecule has 8 nitrogen and oxygen atoms in total. The Morgan fingerprint density at radius 3 is 2.41 bits per heavy atom. The lowest BCUT2D eigenvalue weighted by atomic mass is 10.1. The molecule has 2 saturated heterocycles. The number of ether oxygens (including phenoxy) is 2. The smallest absolute Gasteiger partial charge is 0.294 e. The number of amides is 3. The summed E-state index contributed by atoms with van der Waals surface area (Å²) in [5, 5.41) is -0.156. The number of hydrogen-bond acceptors (Lipinski definition) is 7. The van der Waals surface area contributed by atoms with Crippen molar-refractivity contribution in [2.24, 2.45) is 0 Å². The Balaban J connectivity index is 1.40. The minimum absolute atomic E-state index is 0.218. The Morgan fingerprint density at radius 1 is 1.06 bits per heavy atom. The van der Waals surface area contributed by atoms with E-state index < -0.39 is 11.1 Å². The molecule has 0 spiro atoms. The minimum atomic E-state index is -0.503. The first kappa shape index (κ1) is 24.0. The summed E-state index contributed by atoms with van der Waals surface area (Å²) in [6, 6.07) is 13.3. The van der Waals surface area contributed by atoms with E-state index in [2.05, 4.69) is 4.90 Å². The van der Waals surface area contributed by atoms with Crippen LogP contribution in [-0.2, 0) is 9.59 Å². The van der Waals surface area contributed by atoms with E-state index in [4.69, 9.17) is 21.1 Å². The van der Waals surface area contributed by atoms with Crippen LogP contribution in [0.1, 0.15) is 5.56 Å². The van der Waals surface area contributed by atoms with Gasteiger partial charge in [0.1, 0.15) is 6.54 Å². The molecule has 3 amide bonds. The van der Waals surface area contributed by atoms with Gasteiger partial charge in [0.05, 0.1) is 24.1 Å². The molecule has 2 aromatic rings. The summed E-state index contributed by atoms with van der Waals surface area (Å²) >= 11 is 7.04. The number of piperazine rings is 1. The van der Waals surface area contributed by atoms with Gasteiger partial charge in [-0.25, -0.2) is 0 Å². The van der Waals surface area contributed by atoms with Gasteiger partial charge in [0.15, 0.2) is 11.5 Å². The van der Waals surface area contributed by atoms with Crippen molar-refractivity contribution in [3.8, 4) is 11.5 Å². The van der Waals surface area contributed by atoms with Crippen LogP contribution in [0.15, 0.2) is 47.4 Å².